The Hall–Kier alpha value is -1.21. The zero-order valence-electron chi connectivity index (χ0n) is 10.0. The molecular formula is C12H19NO3. The van der Waals surface area contributed by atoms with Crippen molar-refractivity contribution in [1.29, 1.82) is 0 Å². The van der Waals surface area contributed by atoms with Crippen LogP contribution < -0.4 is 0 Å². The molecule has 1 rings (SSSR count). The Morgan fingerprint density at radius 2 is 2.19 bits per heavy atom. The van der Waals surface area contributed by atoms with Gasteiger partial charge in [-0.05, 0) is 11.8 Å². The molecule has 1 aliphatic rings. The molecule has 1 aliphatic heterocycles. The summed E-state index contributed by atoms with van der Waals surface area (Å²) in [6.07, 6.45) is 4.46. The highest BCUT2D eigenvalue weighted by atomic mass is 16.4. The van der Waals surface area contributed by atoms with Crippen molar-refractivity contribution >= 4 is 6.09 Å². The fourth-order valence-corrected chi connectivity index (χ4v) is 2.52. The standard InChI is InChI=1S/C12H19NO3/c1-5-6-12(11(2,3)4)7-9(14)8-13(12)10(15)16/h1,9,14H,6-8H2,2-4H3,(H,15,16)/t9-,12-/m0/s1. The van der Waals surface area contributed by atoms with E-state index in [4.69, 9.17) is 6.42 Å². The Bertz CT molecular complexity index is 326. The molecule has 0 aromatic rings. The Morgan fingerprint density at radius 3 is 2.56 bits per heavy atom. The largest absolute Gasteiger partial charge is 0.465 e. The number of terminal acetylenes is 1. The number of aliphatic hydroxyl groups is 1. The van der Waals surface area contributed by atoms with Crippen LogP contribution in [0.2, 0.25) is 0 Å². The predicted octanol–water partition coefficient (Wildman–Crippen LogP) is 1.54. The van der Waals surface area contributed by atoms with E-state index in [9.17, 15) is 15.0 Å². The van der Waals surface area contributed by atoms with Crippen LogP contribution >= 0.6 is 0 Å². The van der Waals surface area contributed by atoms with E-state index in [2.05, 4.69) is 5.92 Å². The van der Waals surface area contributed by atoms with Crippen molar-refractivity contribution in [3.8, 4) is 12.3 Å². The van der Waals surface area contributed by atoms with E-state index in [-0.39, 0.29) is 12.0 Å². The van der Waals surface area contributed by atoms with Gasteiger partial charge in [0.05, 0.1) is 18.2 Å². The minimum absolute atomic E-state index is 0.147. The van der Waals surface area contributed by atoms with Crippen LogP contribution in [-0.2, 0) is 0 Å². The van der Waals surface area contributed by atoms with Crippen molar-refractivity contribution in [2.24, 2.45) is 5.41 Å². The van der Waals surface area contributed by atoms with Crippen LogP contribution in [0.5, 0.6) is 0 Å². The first-order valence-electron chi connectivity index (χ1n) is 5.37. The molecule has 4 nitrogen and oxygen atoms in total. The van der Waals surface area contributed by atoms with Crippen LogP contribution in [0.1, 0.15) is 33.6 Å². The second-order valence-electron chi connectivity index (χ2n) is 5.41. The molecule has 0 aromatic heterocycles. The molecule has 0 spiro atoms. The summed E-state index contributed by atoms with van der Waals surface area (Å²) in [5.41, 5.74) is -0.956. The number of rotatable bonds is 1. The van der Waals surface area contributed by atoms with Crippen molar-refractivity contribution in [3.05, 3.63) is 0 Å². The second kappa shape index (κ2) is 3.99. The lowest BCUT2D eigenvalue weighted by atomic mass is 9.70. The average Bonchev–Trinajstić information content (AvgIpc) is 2.43. The van der Waals surface area contributed by atoms with Crippen LogP contribution in [0.3, 0.4) is 0 Å². The summed E-state index contributed by atoms with van der Waals surface area (Å²) >= 11 is 0. The summed E-state index contributed by atoms with van der Waals surface area (Å²) in [6, 6.07) is 0. The third kappa shape index (κ3) is 1.88. The number of aliphatic hydroxyl groups excluding tert-OH is 1. The number of carboxylic acid groups (broad SMARTS) is 1. The van der Waals surface area contributed by atoms with E-state index in [0.717, 1.165) is 0 Å². The van der Waals surface area contributed by atoms with Gasteiger partial charge in [-0.2, -0.15) is 0 Å². The summed E-state index contributed by atoms with van der Waals surface area (Å²) in [4.78, 5) is 12.5. The lowest BCUT2D eigenvalue weighted by Gasteiger charge is -2.45. The van der Waals surface area contributed by atoms with Gasteiger partial charge < -0.3 is 10.2 Å². The number of likely N-dealkylation sites (tertiary alicyclic amines) is 1. The van der Waals surface area contributed by atoms with Gasteiger partial charge in [0, 0.05) is 6.42 Å². The first kappa shape index (κ1) is 12.9. The van der Waals surface area contributed by atoms with Gasteiger partial charge in [-0.25, -0.2) is 4.79 Å². The molecule has 1 fully saturated rings. The van der Waals surface area contributed by atoms with Gasteiger partial charge in [-0.3, -0.25) is 4.90 Å². The molecule has 2 N–H and O–H groups in total. The van der Waals surface area contributed by atoms with Gasteiger partial charge in [0.2, 0.25) is 0 Å². The van der Waals surface area contributed by atoms with E-state index in [1.54, 1.807) is 0 Å². The van der Waals surface area contributed by atoms with Crippen LogP contribution in [0.4, 0.5) is 4.79 Å². The molecule has 1 saturated heterocycles. The molecule has 1 heterocycles. The molecule has 0 unspecified atom stereocenters. The van der Waals surface area contributed by atoms with Gasteiger partial charge in [-0.1, -0.05) is 20.8 Å². The molecule has 0 saturated carbocycles. The summed E-state index contributed by atoms with van der Waals surface area (Å²) in [5, 5.41) is 18.9. The first-order chi connectivity index (χ1) is 7.24. The van der Waals surface area contributed by atoms with Crippen LogP contribution in [-0.4, -0.2) is 39.4 Å². The zero-order chi connectivity index (χ0) is 12.6. The minimum atomic E-state index is -1.01. The topological polar surface area (TPSA) is 60.8 Å². The van der Waals surface area contributed by atoms with E-state index in [0.29, 0.717) is 12.8 Å². The lowest BCUT2D eigenvalue weighted by molar-refractivity contribution is 0.0339. The Balaban J connectivity index is 3.18. The minimum Gasteiger partial charge on any atom is -0.465 e. The van der Waals surface area contributed by atoms with Crippen LogP contribution in [0, 0.1) is 17.8 Å². The molecule has 0 aromatic carbocycles. The maximum Gasteiger partial charge on any atom is 0.407 e. The number of nitrogens with zero attached hydrogens (tertiary/aromatic N) is 1. The molecule has 4 heteroatoms. The van der Waals surface area contributed by atoms with Crippen molar-refractivity contribution < 1.29 is 15.0 Å². The van der Waals surface area contributed by atoms with Crippen molar-refractivity contribution in [2.45, 2.75) is 45.3 Å². The molecule has 2 atom stereocenters. The van der Waals surface area contributed by atoms with Crippen LogP contribution in [0.15, 0.2) is 0 Å². The number of hydrogen-bond donors (Lipinski definition) is 2. The number of β-amino-alcohol motifs (C(OH)–C–C–N with tert-alkyl or cyclic N) is 1. The SMILES string of the molecule is C#CC[C@@]1(C(C)(C)C)C[C@H](O)CN1C(=O)O. The third-order valence-electron chi connectivity index (χ3n) is 3.50. The second-order valence-corrected chi connectivity index (χ2v) is 5.41. The first-order valence-corrected chi connectivity index (χ1v) is 5.37. The molecule has 0 radical (unpaired) electrons. The van der Waals surface area contributed by atoms with E-state index >= 15 is 0 Å². The van der Waals surface area contributed by atoms with Gasteiger partial charge in [-0.15, -0.1) is 12.3 Å². The van der Waals surface area contributed by atoms with Crippen LogP contribution in [0.25, 0.3) is 0 Å². The highest BCUT2D eigenvalue weighted by Gasteiger charge is 2.54. The quantitative estimate of drug-likeness (QED) is 0.665. The van der Waals surface area contributed by atoms with Gasteiger partial charge in [0.1, 0.15) is 0 Å². The molecule has 1 amide bonds. The summed E-state index contributed by atoms with van der Waals surface area (Å²) in [5.74, 6) is 2.55. The lowest BCUT2D eigenvalue weighted by Crippen LogP contribution is -2.55. The highest BCUT2D eigenvalue weighted by molar-refractivity contribution is 5.67. The molecule has 0 aliphatic carbocycles. The predicted molar refractivity (Wildman–Crippen MR) is 61.0 cm³/mol. The monoisotopic (exact) mass is 225 g/mol. The number of amides is 1. The maximum atomic E-state index is 11.2. The normalized spacial score (nSPS) is 30.2. The summed E-state index contributed by atoms with van der Waals surface area (Å²) in [6.45, 7) is 6.02. The maximum absolute atomic E-state index is 11.2. The Morgan fingerprint density at radius 1 is 1.62 bits per heavy atom. The number of hydrogen-bond acceptors (Lipinski definition) is 2. The van der Waals surface area contributed by atoms with Gasteiger partial charge in [0.25, 0.3) is 0 Å². The highest BCUT2D eigenvalue weighted by Crippen LogP contribution is 2.45. The third-order valence-corrected chi connectivity index (χ3v) is 3.50. The smallest absolute Gasteiger partial charge is 0.407 e. The molecule has 90 valence electrons. The van der Waals surface area contributed by atoms with Crippen molar-refractivity contribution in [2.75, 3.05) is 6.54 Å². The number of carbonyl (C=O) groups is 1. The average molecular weight is 225 g/mol. The fourth-order valence-electron chi connectivity index (χ4n) is 2.52. The van der Waals surface area contributed by atoms with E-state index < -0.39 is 17.7 Å². The van der Waals surface area contributed by atoms with Gasteiger partial charge >= 0.3 is 6.09 Å². The van der Waals surface area contributed by atoms with E-state index in [1.165, 1.54) is 4.90 Å². The molecular weight excluding hydrogens is 206 g/mol. The summed E-state index contributed by atoms with van der Waals surface area (Å²) in [7, 11) is 0. The molecule has 0 bridgehead atoms. The fraction of sp³-hybridized carbons (Fsp3) is 0.750. The summed E-state index contributed by atoms with van der Waals surface area (Å²) < 4.78 is 0. The zero-order valence-corrected chi connectivity index (χ0v) is 10.0. The Kier molecular flexibility index (Phi) is 3.20. The van der Waals surface area contributed by atoms with E-state index in [1.807, 2.05) is 20.8 Å². The molecule has 16 heavy (non-hydrogen) atoms. The Labute approximate surface area is 96.3 Å². The van der Waals surface area contributed by atoms with Gasteiger partial charge in [0.15, 0.2) is 0 Å². The van der Waals surface area contributed by atoms with Crippen molar-refractivity contribution in [1.82, 2.24) is 4.90 Å². The van der Waals surface area contributed by atoms with Crippen molar-refractivity contribution in [3.63, 3.8) is 0 Å².